The van der Waals surface area contributed by atoms with E-state index in [0.717, 1.165) is 29.7 Å². The first-order chi connectivity index (χ1) is 15.7. The van der Waals surface area contributed by atoms with Crippen LogP contribution in [0.2, 0.25) is 0 Å². The first-order valence-electron chi connectivity index (χ1n) is 10.6. The molecule has 0 spiro atoms. The van der Waals surface area contributed by atoms with Crippen LogP contribution in [0.3, 0.4) is 0 Å². The number of hydrogen-bond acceptors (Lipinski definition) is 8. The zero-order chi connectivity index (χ0) is 24.2. The molecule has 0 N–H and O–H groups in total. The van der Waals surface area contributed by atoms with Crippen molar-refractivity contribution in [2.24, 2.45) is 0 Å². The van der Waals surface area contributed by atoms with Gasteiger partial charge in [-0.3, -0.25) is 4.18 Å². The van der Waals surface area contributed by atoms with Crippen LogP contribution in [-0.4, -0.2) is 72.6 Å². The molecule has 0 radical (unpaired) electrons. The van der Waals surface area contributed by atoms with E-state index in [1.54, 1.807) is 28.4 Å². The second-order valence-electron chi connectivity index (χ2n) is 8.18. The smallest absolute Gasteiger partial charge is 0.217 e. The van der Waals surface area contributed by atoms with Gasteiger partial charge in [0.25, 0.3) is 0 Å². The van der Waals surface area contributed by atoms with E-state index >= 15 is 0 Å². The maximum absolute atomic E-state index is 10.8. The summed E-state index contributed by atoms with van der Waals surface area (Å²) in [4.78, 5) is 0. The van der Waals surface area contributed by atoms with E-state index in [1.165, 1.54) is 0 Å². The summed E-state index contributed by atoms with van der Waals surface area (Å²) in [6.07, 6.45) is 1.21. The molecule has 1 heterocycles. The molecule has 2 aromatic rings. The Hall–Kier alpha value is -2.53. The van der Waals surface area contributed by atoms with Crippen molar-refractivity contribution in [3.05, 3.63) is 47.0 Å². The van der Waals surface area contributed by atoms with Gasteiger partial charge in [-0.15, -0.1) is 0 Å². The molecule has 0 amide bonds. The molecule has 10 heteroatoms. The van der Waals surface area contributed by atoms with Gasteiger partial charge in [-0.05, 0) is 35.9 Å². The molecule has 9 nitrogen and oxygen atoms in total. The average Bonchev–Trinajstić information content (AvgIpc) is 2.80. The minimum Gasteiger partial charge on any atom is -0.726 e. The summed E-state index contributed by atoms with van der Waals surface area (Å²) in [5, 5.41) is 0. The predicted molar refractivity (Wildman–Crippen MR) is 121 cm³/mol. The fourth-order valence-electron chi connectivity index (χ4n) is 4.64. The second kappa shape index (κ2) is 10.2. The quantitative estimate of drug-likeness (QED) is 0.221. The molecular formula is C23H31NO8S. The van der Waals surface area contributed by atoms with E-state index in [-0.39, 0.29) is 12.6 Å². The molecular weight excluding hydrogens is 450 g/mol. The van der Waals surface area contributed by atoms with E-state index < -0.39 is 10.4 Å². The SMILES string of the molecule is COc1ccc([C@@H]2c3cc(OC)c(OC)cc3CC[N@@+]2(C)CCCOS(=O)(=O)[O-])cc1OC. The van der Waals surface area contributed by atoms with Gasteiger partial charge in [0, 0.05) is 24.0 Å². The van der Waals surface area contributed by atoms with Crippen molar-refractivity contribution in [1.29, 1.82) is 0 Å². The summed E-state index contributed by atoms with van der Waals surface area (Å²) in [7, 11) is 3.81. The second-order valence-corrected chi connectivity index (χ2v) is 9.24. The van der Waals surface area contributed by atoms with Crippen LogP contribution in [0.5, 0.6) is 23.0 Å². The monoisotopic (exact) mass is 481 g/mol. The summed E-state index contributed by atoms with van der Waals surface area (Å²) in [6.45, 7) is 1.24. The third-order valence-electron chi connectivity index (χ3n) is 6.22. The highest BCUT2D eigenvalue weighted by Gasteiger charge is 2.41. The Kier molecular flexibility index (Phi) is 7.73. The number of likely N-dealkylation sites (N-methyl/N-ethyl adjacent to an activating group) is 1. The lowest BCUT2D eigenvalue weighted by Gasteiger charge is -2.46. The van der Waals surface area contributed by atoms with Crippen molar-refractivity contribution in [2.45, 2.75) is 18.9 Å². The summed E-state index contributed by atoms with van der Waals surface area (Å²) in [5.41, 5.74) is 3.26. The molecule has 0 aromatic heterocycles. The van der Waals surface area contributed by atoms with E-state index in [2.05, 4.69) is 11.2 Å². The Balaban J connectivity index is 2.07. The van der Waals surface area contributed by atoms with Crippen molar-refractivity contribution in [3.8, 4) is 23.0 Å². The number of fused-ring (bicyclic) bond motifs is 1. The van der Waals surface area contributed by atoms with Crippen LogP contribution in [0, 0.1) is 0 Å². The molecule has 182 valence electrons. The molecule has 0 unspecified atom stereocenters. The van der Waals surface area contributed by atoms with Crippen LogP contribution in [-0.2, 0) is 21.0 Å². The zero-order valence-corrected chi connectivity index (χ0v) is 20.4. The van der Waals surface area contributed by atoms with Gasteiger partial charge in [0.05, 0.1) is 55.2 Å². The number of methoxy groups -OCH3 is 4. The Morgan fingerprint density at radius 3 is 2.15 bits per heavy atom. The maximum Gasteiger partial charge on any atom is 0.217 e. The molecule has 1 aliphatic heterocycles. The maximum atomic E-state index is 10.8. The lowest BCUT2D eigenvalue weighted by atomic mass is 9.85. The van der Waals surface area contributed by atoms with E-state index in [9.17, 15) is 13.0 Å². The summed E-state index contributed by atoms with van der Waals surface area (Å²) < 4.78 is 59.6. The fourth-order valence-corrected chi connectivity index (χ4v) is 4.96. The molecule has 33 heavy (non-hydrogen) atoms. The molecule has 0 bridgehead atoms. The highest BCUT2D eigenvalue weighted by Crippen LogP contribution is 2.45. The molecule has 2 aromatic carbocycles. The van der Waals surface area contributed by atoms with Gasteiger partial charge in [0.2, 0.25) is 10.4 Å². The van der Waals surface area contributed by atoms with Crippen LogP contribution in [0.1, 0.15) is 29.2 Å². The van der Waals surface area contributed by atoms with Crippen LogP contribution < -0.4 is 18.9 Å². The summed E-state index contributed by atoms with van der Waals surface area (Å²) >= 11 is 0. The first-order valence-corrected chi connectivity index (χ1v) is 11.9. The van der Waals surface area contributed by atoms with E-state index in [4.69, 9.17) is 18.9 Å². The van der Waals surface area contributed by atoms with Gasteiger partial charge < -0.3 is 28.0 Å². The normalized spacial score (nSPS) is 20.1. The van der Waals surface area contributed by atoms with Crippen LogP contribution >= 0.6 is 0 Å². The predicted octanol–water partition coefficient (Wildman–Crippen LogP) is 2.68. The van der Waals surface area contributed by atoms with Crippen molar-refractivity contribution < 1.29 is 40.6 Å². The summed E-state index contributed by atoms with van der Waals surface area (Å²) in [5.74, 6) is 2.56. The van der Waals surface area contributed by atoms with Gasteiger partial charge in [-0.1, -0.05) is 0 Å². The number of ether oxygens (including phenoxy) is 4. The summed E-state index contributed by atoms with van der Waals surface area (Å²) in [6, 6.07) is 9.76. The average molecular weight is 482 g/mol. The van der Waals surface area contributed by atoms with E-state index in [1.807, 2.05) is 30.3 Å². The number of nitrogens with zero attached hydrogens (tertiary/aromatic N) is 1. The highest BCUT2D eigenvalue weighted by molar-refractivity contribution is 7.80. The molecule has 3 rings (SSSR count). The number of hydrogen-bond donors (Lipinski definition) is 0. The lowest BCUT2D eigenvalue weighted by molar-refractivity contribution is -0.935. The van der Waals surface area contributed by atoms with Crippen molar-refractivity contribution >= 4 is 10.4 Å². The van der Waals surface area contributed by atoms with Crippen molar-refractivity contribution in [1.82, 2.24) is 0 Å². The Bertz CT molecular complexity index is 1090. The van der Waals surface area contributed by atoms with Crippen LogP contribution in [0.15, 0.2) is 30.3 Å². The topological polar surface area (TPSA) is 103 Å². The largest absolute Gasteiger partial charge is 0.726 e. The van der Waals surface area contributed by atoms with E-state index in [0.29, 0.717) is 40.4 Å². The van der Waals surface area contributed by atoms with Gasteiger partial charge in [0.1, 0.15) is 6.04 Å². The van der Waals surface area contributed by atoms with Gasteiger partial charge in [-0.25, -0.2) is 8.42 Å². The number of rotatable bonds is 10. The van der Waals surface area contributed by atoms with Crippen LogP contribution in [0.25, 0.3) is 0 Å². The molecule has 0 saturated heterocycles. The number of quaternary nitrogens is 1. The Morgan fingerprint density at radius 1 is 0.939 bits per heavy atom. The van der Waals surface area contributed by atoms with Gasteiger partial charge >= 0.3 is 0 Å². The molecule has 0 fully saturated rings. The number of benzene rings is 2. The third-order valence-corrected chi connectivity index (χ3v) is 6.67. The third kappa shape index (κ3) is 5.52. The van der Waals surface area contributed by atoms with Crippen molar-refractivity contribution in [2.75, 3.05) is 55.2 Å². The molecule has 1 aliphatic rings. The molecule has 0 aliphatic carbocycles. The van der Waals surface area contributed by atoms with Gasteiger partial charge in [-0.2, -0.15) is 0 Å². The lowest BCUT2D eigenvalue weighted by Crippen LogP contribution is -2.52. The minimum absolute atomic E-state index is 0.0998. The first kappa shape index (κ1) is 25.1. The minimum atomic E-state index is -4.71. The standard InChI is InChI=1S/C23H31NO8S/c1-24(10-6-12-32-33(25,26)27)11-9-16-13-21(30-4)22(31-5)15-18(16)23(24)17-7-8-19(28-2)20(14-17)29-3/h7-8,13-15,23H,6,9-12H2,1-5H3/t23-,24-/m1/s1. The Morgan fingerprint density at radius 2 is 1.55 bits per heavy atom. The van der Waals surface area contributed by atoms with Crippen LogP contribution in [0.4, 0.5) is 0 Å². The highest BCUT2D eigenvalue weighted by atomic mass is 32.3. The molecule has 0 saturated carbocycles. The Labute approximate surface area is 195 Å². The molecule has 2 atom stereocenters. The van der Waals surface area contributed by atoms with Gasteiger partial charge in [0.15, 0.2) is 23.0 Å². The fraction of sp³-hybridized carbons (Fsp3) is 0.478. The van der Waals surface area contributed by atoms with Crippen molar-refractivity contribution in [3.63, 3.8) is 0 Å². The zero-order valence-electron chi connectivity index (χ0n) is 19.6.